The molecule has 11 nitrogen and oxygen atoms in total. The van der Waals surface area contributed by atoms with Crippen LogP contribution in [0.2, 0.25) is 0 Å². The Morgan fingerprint density at radius 1 is 1.32 bits per heavy atom. The summed E-state index contributed by atoms with van der Waals surface area (Å²) in [5, 5.41) is 20.8. The molecule has 0 aliphatic heterocycles. The van der Waals surface area contributed by atoms with Crippen molar-refractivity contribution in [2.45, 2.75) is 13.8 Å². The summed E-state index contributed by atoms with van der Waals surface area (Å²) < 4.78 is 10.8. The molecule has 0 spiro atoms. The van der Waals surface area contributed by atoms with Crippen molar-refractivity contribution in [3.8, 4) is 11.5 Å². The Balaban J connectivity index is 2.33. The number of H-pyrrole nitrogens is 1. The summed E-state index contributed by atoms with van der Waals surface area (Å²) in [6.45, 7) is 4.15. The van der Waals surface area contributed by atoms with E-state index in [1.165, 1.54) is 24.5 Å². The van der Waals surface area contributed by atoms with Gasteiger partial charge in [-0.15, -0.1) is 0 Å². The first kappa shape index (κ1) is 17.8. The predicted octanol–water partition coefficient (Wildman–Crippen LogP) is 1.32. The molecule has 0 aliphatic rings. The minimum absolute atomic E-state index is 0.113. The van der Waals surface area contributed by atoms with E-state index >= 15 is 0 Å². The molecular formula is C14H16N6O5. The van der Waals surface area contributed by atoms with Crippen LogP contribution in [0.1, 0.15) is 19.4 Å². The van der Waals surface area contributed by atoms with Gasteiger partial charge in [0.05, 0.1) is 30.5 Å². The van der Waals surface area contributed by atoms with E-state index in [0.717, 1.165) is 0 Å². The number of aromatic amines is 1. The van der Waals surface area contributed by atoms with E-state index in [2.05, 4.69) is 25.7 Å². The monoisotopic (exact) mass is 348 g/mol. The molecule has 1 aromatic heterocycles. The van der Waals surface area contributed by atoms with E-state index in [1.807, 2.05) is 0 Å². The van der Waals surface area contributed by atoms with Crippen LogP contribution in [0.5, 0.6) is 11.5 Å². The van der Waals surface area contributed by atoms with Crippen molar-refractivity contribution in [3.63, 3.8) is 0 Å². The highest BCUT2D eigenvalue weighted by Crippen LogP contribution is 2.34. The van der Waals surface area contributed by atoms with Crippen molar-refractivity contribution >= 4 is 17.7 Å². The lowest BCUT2D eigenvalue weighted by Crippen LogP contribution is -2.13. The summed E-state index contributed by atoms with van der Waals surface area (Å²) >= 11 is 0. The molecule has 0 bridgehead atoms. The van der Waals surface area contributed by atoms with Crippen molar-refractivity contribution in [2.75, 3.05) is 18.6 Å². The Hall–Kier alpha value is -3.50. The van der Waals surface area contributed by atoms with Gasteiger partial charge >= 0.3 is 11.4 Å². The first-order valence-corrected chi connectivity index (χ1v) is 7.34. The third-order valence-corrected chi connectivity index (χ3v) is 2.84. The molecule has 0 radical (unpaired) electrons. The van der Waals surface area contributed by atoms with Gasteiger partial charge in [0.15, 0.2) is 5.82 Å². The Morgan fingerprint density at radius 3 is 2.68 bits per heavy atom. The summed E-state index contributed by atoms with van der Waals surface area (Å²) in [4.78, 5) is 25.3. The molecule has 0 fully saturated rings. The topological polar surface area (TPSA) is 145 Å². The number of aromatic nitrogens is 3. The summed E-state index contributed by atoms with van der Waals surface area (Å²) in [5.74, 6) is 0.610. The second-order valence-electron chi connectivity index (χ2n) is 4.52. The molecule has 1 aromatic carbocycles. The minimum Gasteiger partial charge on any atom is -0.493 e. The van der Waals surface area contributed by atoms with Crippen LogP contribution in [0.25, 0.3) is 0 Å². The highest BCUT2D eigenvalue weighted by atomic mass is 16.6. The van der Waals surface area contributed by atoms with Crippen molar-refractivity contribution in [2.24, 2.45) is 5.10 Å². The first-order valence-electron chi connectivity index (χ1n) is 7.34. The Bertz CT molecular complexity index is 835. The van der Waals surface area contributed by atoms with Crippen molar-refractivity contribution in [1.82, 2.24) is 15.2 Å². The fourth-order valence-electron chi connectivity index (χ4n) is 1.89. The van der Waals surface area contributed by atoms with Crippen molar-refractivity contribution < 1.29 is 14.4 Å². The molecule has 2 rings (SSSR count). The zero-order chi connectivity index (χ0) is 18.2. The van der Waals surface area contributed by atoms with Crippen LogP contribution < -0.4 is 20.6 Å². The summed E-state index contributed by atoms with van der Waals surface area (Å²) in [7, 11) is 0. The lowest BCUT2D eigenvalue weighted by molar-refractivity contribution is -0.385. The van der Waals surface area contributed by atoms with Gasteiger partial charge in [0, 0.05) is 17.7 Å². The minimum atomic E-state index is -0.632. The number of nitrogens with zero attached hydrogens (tertiary/aromatic N) is 4. The number of benzene rings is 1. The Labute approximate surface area is 141 Å². The number of hydrogen-bond acceptors (Lipinski definition) is 9. The molecule has 11 heteroatoms. The van der Waals surface area contributed by atoms with Crippen molar-refractivity contribution in [1.29, 1.82) is 0 Å². The third-order valence-electron chi connectivity index (χ3n) is 2.84. The number of hydrazone groups is 1. The largest absolute Gasteiger partial charge is 0.493 e. The number of ether oxygens (including phenoxy) is 2. The molecule has 0 atom stereocenters. The van der Waals surface area contributed by atoms with Crippen LogP contribution in [0.3, 0.4) is 0 Å². The molecule has 0 unspecified atom stereocenters. The first-order chi connectivity index (χ1) is 12.0. The van der Waals surface area contributed by atoms with Gasteiger partial charge in [-0.3, -0.25) is 15.5 Å². The number of hydrogen-bond donors (Lipinski definition) is 2. The van der Waals surface area contributed by atoms with Gasteiger partial charge in [0.1, 0.15) is 5.75 Å². The normalized spacial score (nSPS) is 10.6. The quantitative estimate of drug-likeness (QED) is 0.413. The number of rotatable bonds is 8. The molecular weight excluding hydrogens is 332 g/mol. The second kappa shape index (κ2) is 8.38. The molecule has 0 saturated heterocycles. The zero-order valence-corrected chi connectivity index (χ0v) is 13.6. The molecule has 132 valence electrons. The highest BCUT2D eigenvalue weighted by molar-refractivity contribution is 5.86. The van der Waals surface area contributed by atoms with Crippen LogP contribution in [-0.4, -0.2) is 39.5 Å². The Kier molecular flexibility index (Phi) is 5.98. The maximum atomic E-state index is 11.2. The fraction of sp³-hybridized carbons (Fsp3) is 0.286. The van der Waals surface area contributed by atoms with E-state index in [0.29, 0.717) is 17.9 Å². The molecule has 2 aromatic rings. The van der Waals surface area contributed by atoms with Gasteiger partial charge in [-0.05, 0) is 13.8 Å². The fourth-order valence-corrected chi connectivity index (χ4v) is 1.89. The van der Waals surface area contributed by atoms with Gasteiger partial charge in [-0.25, -0.2) is 9.89 Å². The molecule has 0 amide bonds. The number of anilines is 1. The molecule has 0 saturated carbocycles. The van der Waals surface area contributed by atoms with Crippen LogP contribution in [0.4, 0.5) is 11.5 Å². The van der Waals surface area contributed by atoms with Gasteiger partial charge in [-0.1, -0.05) is 0 Å². The molecule has 0 aliphatic carbocycles. The van der Waals surface area contributed by atoms with Gasteiger partial charge < -0.3 is 9.47 Å². The average Bonchev–Trinajstić information content (AvgIpc) is 2.57. The van der Waals surface area contributed by atoms with E-state index in [9.17, 15) is 14.9 Å². The Morgan fingerprint density at radius 2 is 2.04 bits per heavy atom. The maximum Gasteiger partial charge on any atom is 0.363 e. The standard InChI is InChI=1S/C14H16N6O5/c1-3-24-11-6-12(25-4-2)10(20(22)23)5-9(11)7-15-18-13-8-16-19-14(21)17-13/h5-8H,3-4H2,1-2H3,(H2,17,18,19,21)/b15-7+. The predicted molar refractivity (Wildman–Crippen MR) is 89.3 cm³/mol. The average molecular weight is 348 g/mol. The number of nitro groups is 1. The van der Waals surface area contributed by atoms with Crippen molar-refractivity contribution in [3.05, 3.63) is 44.5 Å². The lowest BCUT2D eigenvalue weighted by Gasteiger charge is -2.10. The van der Waals surface area contributed by atoms with Gasteiger partial charge in [-0.2, -0.15) is 15.2 Å². The highest BCUT2D eigenvalue weighted by Gasteiger charge is 2.19. The summed E-state index contributed by atoms with van der Waals surface area (Å²) in [5.41, 5.74) is 2.04. The summed E-state index contributed by atoms with van der Waals surface area (Å²) in [6, 6.07) is 2.74. The SMILES string of the molecule is CCOc1cc(OCC)c([N+](=O)[O-])cc1/C=N/Nc1cn[nH]c(=O)n1. The zero-order valence-electron chi connectivity index (χ0n) is 13.6. The van der Waals surface area contributed by atoms with E-state index in [4.69, 9.17) is 9.47 Å². The van der Waals surface area contributed by atoms with Gasteiger partial charge in [0.25, 0.3) is 0 Å². The molecule has 25 heavy (non-hydrogen) atoms. The van der Waals surface area contributed by atoms with Gasteiger partial charge in [0.2, 0.25) is 5.75 Å². The smallest absolute Gasteiger partial charge is 0.363 e. The summed E-state index contributed by atoms with van der Waals surface area (Å²) in [6.07, 6.45) is 2.58. The van der Waals surface area contributed by atoms with Crippen LogP contribution in [0, 0.1) is 10.1 Å². The van der Waals surface area contributed by atoms with E-state index in [1.54, 1.807) is 13.8 Å². The lowest BCUT2D eigenvalue weighted by atomic mass is 10.1. The maximum absolute atomic E-state index is 11.2. The van der Waals surface area contributed by atoms with Crippen LogP contribution in [-0.2, 0) is 0 Å². The molecule has 2 N–H and O–H groups in total. The van der Waals surface area contributed by atoms with Crippen LogP contribution >= 0.6 is 0 Å². The third kappa shape index (κ3) is 4.73. The number of nitro benzene ring substituents is 1. The molecule has 1 heterocycles. The van der Waals surface area contributed by atoms with E-state index < -0.39 is 10.6 Å². The number of nitrogens with one attached hydrogen (secondary N) is 2. The van der Waals surface area contributed by atoms with Crippen LogP contribution in [0.15, 0.2) is 28.2 Å². The van der Waals surface area contributed by atoms with E-state index in [-0.39, 0.29) is 23.9 Å². The second-order valence-corrected chi connectivity index (χ2v) is 4.52.